The van der Waals surface area contributed by atoms with Gasteiger partial charge in [0, 0.05) is 19.5 Å². The smallest absolute Gasteiger partial charge is 0.409 e. The van der Waals surface area contributed by atoms with E-state index in [1.54, 1.807) is 6.92 Å². The second-order valence-electron chi connectivity index (χ2n) is 4.60. The minimum Gasteiger partial charge on any atom is -0.409 e. The van der Waals surface area contributed by atoms with E-state index in [-0.39, 0.29) is 12.3 Å². The predicted octanol–water partition coefficient (Wildman–Crippen LogP) is 2.30. The molecule has 21 heavy (non-hydrogen) atoms. The SMILES string of the molecule is CC(CC(N)=NO)N(C)C(=O)c1ccccc1C(F)(F)F. The number of carbonyl (C=O) groups excluding carboxylic acids is 1. The van der Waals surface area contributed by atoms with Crippen LogP contribution in [-0.2, 0) is 6.18 Å². The third kappa shape index (κ3) is 4.11. The van der Waals surface area contributed by atoms with Crippen LogP contribution < -0.4 is 5.73 Å². The maximum Gasteiger partial charge on any atom is 0.417 e. The average molecular weight is 303 g/mol. The lowest BCUT2D eigenvalue weighted by atomic mass is 10.0. The number of nitrogens with two attached hydrogens (primary N) is 1. The van der Waals surface area contributed by atoms with Crippen LogP contribution in [0.2, 0.25) is 0 Å². The van der Waals surface area contributed by atoms with Gasteiger partial charge in [0.2, 0.25) is 0 Å². The van der Waals surface area contributed by atoms with Crippen LogP contribution in [0.5, 0.6) is 0 Å². The van der Waals surface area contributed by atoms with E-state index in [4.69, 9.17) is 10.9 Å². The maximum absolute atomic E-state index is 12.9. The van der Waals surface area contributed by atoms with Crippen LogP contribution >= 0.6 is 0 Å². The van der Waals surface area contributed by atoms with Gasteiger partial charge in [0.05, 0.1) is 11.1 Å². The monoisotopic (exact) mass is 303 g/mol. The van der Waals surface area contributed by atoms with E-state index < -0.39 is 29.3 Å². The summed E-state index contributed by atoms with van der Waals surface area (Å²) in [6.07, 6.45) is -4.56. The highest BCUT2D eigenvalue weighted by Gasteiger charge is 2.36. The summed E-state index contributed by atoms with van der Waals surface area (Å²) in [7, 11) is 1.37. The second-order valence-corrected chi connectivity index (χ2v) is 4.60. The third-order valence-electron chi connectivity index (χ3n) is 3.08. The number of amidine groups is 1. The number of benzene rings is 1. The summed E-state index contributed by atoms with van der Waals surface area (Å²) in [4.78, 5) is 13.3. The van der Waals surface area contributed by atoms with Crippen molar-refractivity contribution in [2.45, 2.75) is 25.6 Å². The zero-order chi connectivity index (χ0) is 16.2. The number of carbonyl (C=O) groups is 1. The van der Waals surface area contributed by atoms with Crippen molar-refractivity contribution in [3.05, 3.63) is 35.4 Å². The van der Waals surface area contributed by atoms with Crippen LogP contribution in [0.15, 0.2) is 29.4 Å². The van der Waals surface area contributed by atoms with E-state index in [9.17, 15) is 18.0 Å². The van der Waals surface area contributed by atoms with Gasteiger partial charge in [-0.3, -0.25) is 4.79 Å². The number of oxime groups is 1. The second kappa shape index (κ2) is 6.47. The van der Waals surface area contributed by atoms with Gasteiger partial charge < -0.3 is 15.8 Å². The molecule has 0 aromatic heterocycles. The highest BCUT2D eigenvalue weighted by atomic mass is 19.4. The highest BCUT2D eigenvalue weighted by molar-refractivity contribution is 5.96. The number of hydrogen-bond donors (Lipinski definition) is 2. The van der Waals surface area contributed by atoms with Crippen molar-refractivity contribution in [3.8, 4) is 0 Å². The van der Waals surface area contributed by atoms with Gasteiger partial charge in [-0.1, -0.05) is 17.3 Å². The van der Waals surface area contributed by atoms with Crippen LogP contribution in [0, 0.1) is 0 Å². The quantitative estimate of drug-likeness (QED) is 0.388. The molecule has 0 heterocycles. The van der Waals surface area contributed by atoms with Crippen LogP contribution in [0.4, 0.5) is 13.2 Å². The number of rotatable bonds is 4. The Kier molecular flexibility index (Phi) is 5.17. The Hall–Kier alpha value is -2.25. The van der Waals surface area contributed by atoms with Crippen LogP contribution in [-0.4, -0.2) is 34.9 Å². The summed E-state index contributed by atoms with van der Waals surface area (Å²) in [6.45, 7) is 1.59. The van der Waals surface area contributed by atoms with E-state index in [2.05, 4.69) is 5.16 Å². The summed E-state index contributed by atoms with van der Waals surface area (Å²) < 4.78 is 38.7. The molecule has 1 atom stereocenters. The first-order valence-corrected chi connectivity index (χ1v) is 6.08. The third-order valence-corrected chi connectivity index (χ3v) is 3.08. The molecule has 0 spiro atoms. The van der Waals surface area contributed by atoms with Crippen molar-refractivity contribution < 1.29 is 23.2 Å². The lowest BCUT2D eigenvalue weighted by Crippen LogP contribution is -2.38. The molecular weight excluding hydrogens is 287 g/mol. The fourth-order valence-electron chi connectivity index (χ4n) is 1.79. The summed E-state index contributed by atoms with van der Waals surface area (Å²) in [6, 6.07) is 4.05. The van der Waals surface area contributed by atoms with Crippen LogP contribution in [0.3, 0.4) is 0 Å². The van der Waals surface area contributed by atoms with E-state index in [0.717, 1.165) is 17.0 Å². The molecule has 3 N–H and O–H groups in total. The number of halogens is 3. The molecule has 116 valence electrons. The van der Waals surface area contributed by atoms with Crippen molar-refractivity contribution in [2.75, 3.05) is 7.05 Å². The van der Waals surface area contributed by atoms with Crippen molar-refractivity contribution in [1.29, 1.82) is 0 Å². The normalized spacial score (nSPS) is 13.9. The number of hydrogen-bond acceptors (Lipinski definition) is 3. The molecule has 0 fully saturated rings. The first-order valence-electron chi connectivity index (χ1n) is 6.08. The Morgan fingerprint density at radius 1 is 1.43 bits per heavy atom. The first kappa shape index (κ1) is 16.8. The first-order chi connectivity index (χ1) is 9.68. The fraction of sp³-hybridized carbons (Fsp3) is 0.385. The zero-order valence-electron chi connectivity index (χ0n) is 11.6. The van der Waals surface area contributed by atoms with Crippen molar-refractivity contribution in [2.24, 2.45) is 10.9 Å². The van der Waals surface area contributed by atoms with Gasteiger partial charge in [-0.25, -0.2) is 0 Å². The number of amides is 1. The van der Waals surface area contributed by atoms with Gasteiger partial charge in [-0.15, -0.1) is 0 Å². The molecule has 0 aliphatic rings. The summed E-state index contributed by atoms with van der Waals surface area (Å²) in [5.74, 6) is -0.882. The van der Waals surface area contributed by atoms with E-state index in [1.165, 1.54) is 19.2 Å². The average Bonchev–Trinajstić information content (AvgIpc) is 2.44. The molecule has 0 radical (unpaired) electrons. The molecule has 0 aliphatic heterocycles. The Labute approximate surface area is 119 Å². The fourth-order valence-corrected chi connectivity index (χ4v) is 1.79. The van der Waals surface area contributed by atoms with E-state index >= 15 is 0 Å². The lowest BCUT2D eigenvalue weighted by Gasteiger charge is -2.25. The van der Waals surface area contributed by atoms with Gasteiger partial charge in [0.15, 0.2) is 0 Å². The molecule has 0 bridgehead atoms. The molecule has 0 saturated carbocycles. The molecule has 1 unspecified atom stereocenters. The molecule has 5 nitrogen and oxygen atoms in total. The van der Waals surface area contributed by atoms with Gasteiger partial charge in [-0.2, -0.15) is 13.2 Å². The molecule has 1 amide bonds. The minimum atomic E-state index is -4.61. The minimum absolute atomic E-state index is 0.0485. The highest BCUT2D eigenvalue weighted by Crippen LogP contribution is 2.32. The topological polar surface area (TPSA) is 78.9 Å². The van der Waals surface area contributed by atoms with Crippen LogP contribution in [0.1, 0.15) is 29.3 Å². The molecule has 1 aromatic carbocycles. The number of nitrogens with zero attached hydrogens (tertiary/aromatic N) is 2. The largest absolute Gasteiger partial charge is 0.417 e. The molecule has 1 aromatic rings. The van der Waals surface area contributed by atoms with E-state index in [0.29, 0.717) is 0 Å². The van der Waals surface area contributed by atoms with Crippen molar-refractivity contribution >= 4 is 11.7 Å². The Balaban J connectivity index is 3.04. The molecular formula is C13H16F3N3O2. The summed E-state index contributed by atoms with van der Waals surface area (Å²) >= 11 is 0. The molecule has 1 rings (SSSR count). The van der Waals surface area contributed by atoms with Gasteiger partial charge in [-0.05, 0) is 19.1 Å². The Morgan fingerprint density at radius 2 is 2.00 bits per heavy atom. The molecule has 8 heteroatoms. The van der Waals surface area contributed by atoms with Crippen molar-refractivity contribution in [1.82, 2.24) is 4.90 Å². The molecule has 0 aliphatic carbocycles. The summed E-state index contributed by atoms with van der Waals surface area (Å²) in [5.41, 5.74) is 3.91. The Morgan fingerprint density at radius 3 is 2.52 bits per heavy atom. The van der Waals surface area contributed by atoms with Gasteiger partial charge in [0.25, 0.3) is 5.91 Å². The van der Waals surface area contributed by atoms with Crippen LogP contribution in [0.25, 0.3) is 0 Å². The number of alkyl halides is 3. The molecule has 0 saturated heterocycles. The van der Waals surface area contributed by atoms with Gasteiger partial charge >= 0.3 is 6.18 Å². The van der Waals surface area contributed by atoms with Gasteiger partial charge in [0.1, 0.15) is 5.84 Å². The predicted molar refractivity (Wildman–Crippen MR) is 71.0 cm³/mol. The summed E-state index contributed by atoms with van der Waals surface area (Å²) in [5, 5.41) is 11.3. The zero-order valence-corrected chi connectivity index (χ0v) is 11.6. The maximum atomic E-state index is 12.9. The van der Waals surface area contributed by atoms with E-state index in [1.807, 2.05) is 0 Å². The standard InChI is InChI=1S/C13H16F3N3O2/c1-8(7-11(17)18-21)19(2)12(20)9-5-3-4-6-10(9)13(14,15)16/h3-6,8,21H,7H2,1-2H3,(H2,17,18). The lowest BCUT2D eigenvalue weighted by molar-refractivity contribution is -0.138. The Bertz CT molecular complexity index is 544. The van der Waals surface area contributed by atoms with Crippen molar-refractivity contribution in [3.63, 3.8) is 0 Å².